The van der Waals surface area contributed by atoms with E-state index in [1.807, 2.05) is 18.4 Å². The predicted molar refractivity (Wildman–Crippen MR) is 56.0 cm³/mol. The SMILES string of the molecule is CSC(N)=Nc1cccc(C#N)c1. The molecule has 0 heterocycles. The van der Waals surface area contributed by atoms with E-state index in [-0.39, 0.29) is 0 Å². The summed E-state index contributed by atoms with van der Waals surface area (Å²) in [7, 11) is 0. The van der Waals surface area contributed by atoms with Gasteiger partial charge in [-0.3, -0.25) is 0 Å². The van der Waals surface area contributed by atoms with Crippen molar-refractivity contribution in [2.75, 3.05) is 6.26 Å². The monoisotopic (exact) mass is 191 g/mol. The molecule has 4 heteroatoms. The maximum atomic E-state index is 8.62. The highest BCUT2D eigenvalue weighted by atomic mass is 32.2. The normalized spacial score (nSPS) is 10.9. The number of amidine groups is 1. The summed E-state index contributed by atoms with van der Waals surface area (Å²) >= 11 is 1.38. The predicted octanol–water partition coefficient (Wildman–Crippen LogP) is 1.87. The Labute approximate surface area is 81.3 Å². The first-order valence-electron chi connectivity index (χ1n) is 3.64. The number of nitriles is 1. The fourth-order valence-electron chi connectivity index (χ4n) is 0.818. The zero-order valence-electron chi connectivity index (χ0n) is 7.19. The highest BCUT2D eigenvalue weighted by molar-refractivity contribution is 8.13. The average molecular weight is 191 g/mol. The molecule has 66 valence electrons. The van der Waals surface area contributed by atoms with Crippen LogP contribution in [0.4, 0.5) is 5.69 Å². The topological polar surface area (TPSA) is 62.2 Å². The van der Waals surface area contributed by atoms with Gasteiger partial charge in [0.1, 0.15) is 0 Å². The minimum Gasteiger partial charge on any atom is -0.378 e. The quantitative estimate of drug-likeness (QED) is 0.544. The van der Waals surface area contributed by atoms with Gasteiger partial charge in [0.25, 0.3) is 0 Å². The van der Waals surface area contributed by atoms with Gasteiger partial charge in [0.05, 0.1) is 17.3 Å². The van der Waals surface area contributed by atoms with E-state index in [0.717, 1.165) is 0 Å². The number of rotatable bonds is 1. The Hall–Kier alpha value is -1.47. The fraction of sp³-hybridized carbons (Fsp3) is 0.111. The second kappa shape index (κ2) is 4.53. The van der Waals surface area contributed by atoms with Crippen molar-refractivity contribution in [1.82, 2.24) is 0 Å². The van der Waals surface area contributed by atoms with Crippen LogP contribution in [0.1, 0.15) is 5.56 Å². The van der Waals surface area contributed by atoms with Crippen LogP contribution in [-0.4, -0.2) is 11.4 Å². The van der Waals surface area contributed by atoms with Crippen LogP contribution < -0.4 is 5.73 Å². The highest BCUT2D eigenvalue weighted by Crippen LogP contribution is 2.14. The van der Waals surface area contributed by atoms with Crippen LogP contribution in [0, 0.1) is 11.3 Å². The average Bonchev–Trinajstić information content (AvgIpc) is 2.18. The van der Waals surface area contributed by atoms with Crippen LogP contribution in [0.3, 0.4) is 0 Å². The first-order valence-corrected chi connectivity index (χ1v) is 4.87. The molecule has 13 heavy (non-hydrogen) atoms. The number of nitrogens with two attached hydrogens (primary N) is 1. The summed E-state index contributed by atoms with van der Waals surface area (Å²) in [5, 5.41) is 9.11. The number of aliphatic imine (C=N–C) groups is 1. The first kappa shape index (κ1) is 9.62. The van der Waals surface area contributed by atoms with E-state index in [9.17, 15) is 0 Å². The molecule has 0 aliphatic carbocycles. The molecule has 1 aromatic rings. The number of hydrogen-bond donors (Lipinski definition) is 1. The van der Waals surface area contributed by atoms with Crippen molar-refractivity contribution in [3.05, 3.63) is 29.8 Å². The lowest BCUT2D eigenvalue weighted by Gasteiger charge is -1.96. The molecular formula is C9H9N3S. The van der Waals surface area contributed by atoms with Gasteiger partial charge < -0.3 is 5.73 Å². The van der Waals surface area contributed by atoms with Gasteiger partial charge in [0.2, 0.25) is 0 Å². The summed E-state index contributed by atoms with van der Waals surface area (Å²) in [4.78, 5) is 4.09. The first-order chi connectivity index (χ1) is 6.26. The third kappa shape index (κ3) is 2.80. The van der Waals surface area contributed by atoms with Gasteiger partial charge in [0.15, 0.2) is 5.17 Å². The molecule has 0 spiro atoms. The minimum absolute atomic E-state index is 0.495. The van der Waals surface area contributed by atoms with Crippen LogP contribution in [-0.2, 0) is 0 Å². The molecule has 0 fully saturated rings. The third-order valence-corrected chi connectivity index (χ3v) is 1.93. The molecule has 0 radical (unpaired) electrons. The van der Waals surface area contributed by atoms with Crippen molar-refractivity contribution in [3.63, 3.8) is 0 Å². The third-order valence-electron chi connectivity index (χ3n) is 1.42. The van der Waals surface area contributed by atoms with Gasteiger partial charge in [-0.25, -0.2) is 4.99 Å². The number of thioether (sulfide) groups is 1. The van der Waals surface area contributed by atoms with E-state index in [1.165, 1.54) is 11.8 Å². The van der Waals surface area contributed by atoms with Gasteiger partial charge >= 0.3 is 0 Å². The second-order valence-corrected chi connectivity index (χ2v) is 3.14. The lowest BCUT2D eigenvalue weighted by Crippen LogP contribution is -2.04. The Morgan fingerprint density at radius 2 is 2.38 bits per heavy atom. The van der Waals surface area contributed by atoms with Crippen LogP contribution >= 0.6 is 11.8 Å². The molecule has 3 nitrogen and oxygen atoms in total. The Morgan fingerprint density at radius 1 is 1.62 bits per heavy atom. The largest absolute Gasteiger partial charge is 0.378 e. The molecule has 0 saturated carbocycles. The molecular weight excluding hydrogens is 182 g/mol. The highest BCUT2D eigenvalue weighted by Gasteiger charge is 1.93. The van der Waals surface area contributed by atoms with E-state index in [4.69, 9.17) is 11.0 Å². The zero-order valence-corrected chi connectivity index (χ0v) is 8.01. The van der Waals surface area contributed by atoms with Gasteiger partial charge in [-0.05, 0) is 24.5 Å². The summed E-state index contributed by atoms with van der Waals surface area (Å²) in [6, 6.07) is 9.06. The maximum absolute atomic E-state index is 8.62. The number of benzene rings is 1. The molecule has 1 rings (SSSR count). The molecule has 0 aliphatic heterocycles. The van der Waals surface area contributed by atoms with Gasteiger partial charge in [-0.2, -0.15) is 5.26 Å². The summed E-state index contributed by atoms with van der Waals surface area (Å²) in [6.45, 7) is 0. The number of hydrogen-bond acceptors (Lipinski definition) is 3. The Balaban J connectivity index is 2.97. The van der Waals surface area contributed by atoms with Gasteiger partial charge in [0, 0.05) is 0 Å². The molecule has 0 aliphatic rings. The summed E-state index contributed by atoms with van der Waals surface area (Å²) < 4.78 is 0. The smallest absolute Gasteiger partial charge is 0.158 e. The van der Waals surface area contributed by atoms with E-state index >= 15 is 0 Å². The van der Waals surface area contributed by atoms with Crippen molar-refractivity contribution in [1.29, 1.82) is 5.26 Å². The van der Waals surface area contributed by atoms with Crippen LogP contribution in [0.25, 0.3) is 0 Å². The fourth-order valence-corrected chi connectivity index (χ4v) is 1.01. The van der Waals surface area contributed by atoms with E-state index < -0.39 is 0 Å². The Bertz CT molecular complexity index is 365. The molecule has 0 unspecified atom stereocenters. The summed E-state index contributed by atoms with van der Waals surface area (Å²) in [5.41, 5.74) is 6.83. The maximum Gasteiger partial charge on any atom is 0.158 e. The van der Waals surface area contributed by atoms with Crippen molar-refractivity contribution < 1.29 is 0 Å². The molecule has 0 amide bonds. The van der Waals surface area contributed by atoms with E-state index in [0.29, 0.717) is 16.4 Å². The number of nitrogens with zero attached hydrogens (tertiary/aromatic N) is 2. The second-order valence-electron chi connectivity index (χ2n) is 2.32. The minimum atomic E-state index is 0.495. The Kier molecular flexibility index (Phi) is 3.35. The van der Waals surface area contributed by atoms with Crippen LogP contribution in [0.15, 0.2) is 29.3 Å². The summed E-state index contributed by atoms with van der Waals surface area (Å²) in [5.74, 6) is 0. The molecule has 0 aromatic heterocycles. The van der Waals surface area contributed by atoms with Crippen molar-refractivity contribution >= 4 is 22.6 Å². The van der Waals surface area contributed by atoms with Crippen molar-refractivity contribution in [3.8, 4) is 6.07 Å². The molecule has 0 atom stereocenters. The summed E-state index contributed by atoms with van der Waals surface area (Å²) in [6.07, 6.45) is 1.85. The lowest BCUT2D eigenvalue weighted by atomic mass is 10.2. The van der Waals surface area contributed by atoms with E-state index in [1.54, 1.807) is 18.2 Å². The zero-order chi connectivity index (χ0) is 9.68. The molecule has 0 saturated heterocycles. The Morgan fingerprint density at radius 3 is 3.00 bits per heavy atom. The lowest BCUT2D eigenvalue weighted by molar-refractivity contribution is 1.45. The molecule has 1 aromatic carbocycles. The molecule has 2 N–H and O–H groups in total. The molecule has 0 bridgehead atoms. The van der Waals surface area contributed by atoms with Gasteiger partial charge in [-0.15, -0.1) is 0 Å². The standard InChI is InChI=1S/C9H9N3S/c1-13-9(11)12-8-4-2-3-7(5-8)6-10/h2-5H,1H3,(H2,11,12). The van der Waals surface area contributed by atoms with Crippen molar-refractivity contribution in [2.24, 2.45) is 10.7 Å². The van der Waals surface area contributed by atoms with Crippen LogP contribution in [0.2, 0.25) is 0 Å². The van der Waals surface area contributed by atoms with Crippen LogP contribution in [0.5, 0.6) is 0 Å². The van der Waals surface area contributed by atoms with Gasteiger partial charge in [-0.1, -0.05) is 17.8 Å². The van der Waals surface area contributed by atoms with Crippen molar-refractivity contribution in [2.45, 2.75) is 0 Å². The van der Waals surface area contributed by atoms with E-state index in [2.05, 4.69) is 4.99 Å².